The molecule has 1 aromatic rings. The normalized spacial score (nSPS) is 12.3. The van der Waals surface area contributed by atoms with Gasteiger partial charge in [-0.2, -0.15) is 10.2 Å². The van der Waals surface area contributed by atoms with E-state index in [1.165, 1.54) is 20.4 Å². The number of esters is 1. The number of ether oxygens (including phenoxy) is 2. The molecule has 0 N–H and O–H groups in total. The number of Topliss-reactive ketones (excluding diaryl/α,β-unsaturated/α-hetero) is 1. The Morgan fingerprint density at radius 3 is 2.78 bits per heavy atom. The smallest absolute Gasteiger partial charge is 0.340 e. The molecule has 1 unspecified atom stereocenters. The number of nitrogens with zero attached hydrogens (tertiary/aromatic N) is 3. The lowest BCUT2D eigenvalue weighted by molar-refractivity contribution is -0.146. The highest BCUT2D eigenvalue weighted by Crippen LogP contribution is 2.10. The zero-order valence-electron chi connectivity index (χ0n) is 10.1. The first-order chi connectivity index (χ1) is 8.69. The first-order valence-electron chi connectivity index (χ1n) is 5.09. The molecule has 1 aromatic heterocycles. The molecular weight excluding hydrogens is 238 g/mol. The van der Waals surface area contributed by atoms with Crippen molar-refractivity contribution in [2.24, 2.45) is 10.2 Å². The second-order valence-electron chi connectivity index (χ2n) is 3.25. The Hall–Kier alpha value is -2.15. The van der Waals surface area contributed by atoms with Crippen molar-refractivity contribution in [2.75, 3.05) is 20.8 Å². The molecule has 0 spiro atoms. The van der Waals surface area contributed by atoms with Gasteiger partial charge in [0.25, 0.3) is 0 Å². The van der Waals surface area contributed by atoms with Crippen molar-refractivity contribution in [3.8, 4) is 0 Å². The summed E-state index contributed by atoms with van der Waals surface area (Å²) in [5.41, 5.74) is 0.441. The number of azo groups is 1. The van der Waals surface area contributed by atoms with E-state index in [4.69, 9.17) is 0 Å². The SMILES string of the molecule is COCC(=O)C(N=Nc1cccnc1)C(=O)OC. The minimum absolute atomic E-state index is 0.230. The van der Waals surface area contributed by atoms with Gasteiger partial charge in [0.1, 0.15) is 12.3 Å². The van der Waals surface area contributed by atoms with Gasteiger partial charge in [0, 0.05) is 13.3 Å². The van der Waals surface area contributed by atoms with Crippen molar-refractivity contribution < 1.29 is 19.1 Å². The highest BCUT2D eigenvalue weighted by atomic mass is 16.5. The summed E-state index contributed by atoms with van der Waals surface area (Å²) in [5.74, 6) is -1.29. The maximum atomic E-state index is 11.6. The van der Waals surface area contributed by atoms with E-state index >= 15 is 0 Å². The van der Waals surface area contributed by atoms with E-state index in [0.29, 0.717) is 5.69 Å². The van der Waals surface area contributed by atoms with Gasteiger partial charge < -0.3 is 9.47 Å². The van der Waals surface area contributed by atoms with Crippen molar-refractivity contribution in [1.29, 1.82) is 0 Å². The summed E-state index contributed by atoms with van der Waals surface area (Å²) < 4.78 is 9.14. The predicted octanol–water partition coefficient (Wildman–Crippen LogP) is 0.922. The number of hydrogen-bond donors (Lipinski definition) is 0. The summed E-state index contributed by atoms with van der Waals surface area (Å²) in [6.45, 7) is -0.230. The van der Waals surface area contributed by atoms with Crippen LogP contribution in [-0.4, -0.2) is 43.6 Å². The van der Waals surface area contributed by atoms with Crippen LogP contribution in [0.15, 0.2) is 34.8 Å². The summed E-state index contributed by atoms with van der Waals surface area (Å²) in [4.78, 5) is 26.8. The highest BCUT2D eigenvalue weighted by Gasteiger charge is 2.27. The average Bonchev–Trinajstić information content (AvgIpc) is 2.40. The molecule has 96 valence electrons. The number of carbonyl (C=O) groups is 2. The molecule has 1 rings (SSSR count). The lowest BCUT2D eigenvalue weighted by Crippen LogP contribution is -2.31. The number of ketones is 1. The van der Waals surface area contributed by atoms with E-state index in [-0.39, 0.29) is 6.61 Å². The Kier molecular flexibility index (Phi) is 5.59. The monoisotopic (exact) mass is 251 g/mol. The van der Waals surface area contributed by atoms with E-state index in [1.807, 2.05) is 0 Å². The average molecular weight is 251 g/mol. The maximum Gasteiger partial charge on any atom is 0.340 e. The maximum absolute atomic E-state index is 11.6. The second-order valence-corrected chi connectivity index (χ2v) is 3.25. The third kappa shape index (κ3) is 4.02. The van der Waals surface area contributed by atoms with Gasteiger partial charge in [-0.1, -0.05) is 0 Å². The van der Waals surface area contributed by atoms with Crippen LogP contribution in [0.1, 0.15) is 0 Å². The third-order valence-electron chi connectivity index (χ3n) is 1.95. The molecule has 0 aliphatic carbocycles. The molecule has 0 bridgehead atoms. The fraction of sp³-hybridized carbons (Fsp3) is 0.364. The van der Waals surface area contributed by atoms with Gasteiger partial charge in [-0.3, -0.25) is 9.78 Å². The van der Waals surface area contributed by atoms with Gasteiger partial charge in [0.2, 0.25) is 6.04 Å². The minimum atomic E-state index is -1.31. The Balaban J connectivity index is 2.82. The van der Waals surface area contributed by atoms with Crippen LogP contribution < -0.4 is 0 Å². The number of methoxy groups -OCH3 is 2. The van der Waals surface area contributed by atoms with Crippen LogP contribution in [0.5, 0.6) is 0 Å². The fourth-order valence-electron chi connectivity index (χ4n) is 1.11. The zero-order chi connectivity index (χ0) is 13.4. The Morgan fingerprint density at radius 1 is 1.44 bits per heavy atom. The first kappa shape index (κ1) is 13.9. The lowest BCUT2D eigenvalue weighted by Gasteiger charge is -2.06. The summed E-state index contributed by atoms with van der Waals surface area (Å²) >= 11 is 0. The number of hydrogen-bond acceptors (Lipinski definition) is 7. The van der Waals surface area contributed by atoms with Crippen LogP contribution in [-0.2, 0) is 19.1 Å². The Bertz CT molecular complexity index is 433. The standard InChI is InChI=1S/C11H13N3O4/c1-17-7-9(15)10(11(16)18-2)14-13-8-4-3-5-12-6-8/h3-6,10H,7H2,1-2H3. The predicted molar refractivity (Wildman–Crippen MR) is 61.4 cm³/mol. The van der Waals surface area contributed by atoms with Gasteiger partial charge in [0.05, 0.1) is 13.3 Å². The van der Waals surface area contributed by atoms with Crippen molar-refractivity contribution in [3.05, 3.63) is 24.5 Å². The van der Waals surface area contributed by atoms with E-state index in [1.54, 1.807) is 18.3 Å². The molecule has 1 atom stereocenters. The third-order valence-corrected chi connectivity index (χ3v) is 1.95. The molecule has 0 fully saturated rings. The molecule has 0 aromatic carbocycles. The number of carbonyl (C=O) groups excluding carboxylic acids is 2. The summed E-state index contributed by atoms with van der Waals surface area (Å²) in [5, 5.41) is 7.43. The summed E-state index contributed by atoms with van der Waals surface area (Å²) in [7, 11) is 2.53. The van der Waals surface area contributed by atoms with Gasteiger partial charge in [-0.25, -0.2) is 4.79 Å². The van der Waals surface area contributed by atoms with E-state index in [2.05, 4.69) is 24.7 Å². The summed E-state index contributed by atoms with van der Waals surface area (Å²) in [6.07, 6.45) is 3.03. The van der Waals surface area contributed by atoms with Gasteiger partial charge >= 0.3 is 5.97 Å². The molecule has 18 heavy (non-hydrogen) atoms. The largest absolute Gasteiger partial charge is 0.467 e. The highest BCUT2D eigenvalue weighted by molar-refractivity contribution is 6.03. The topological polar surface area (TPSA) is 90.2 Å². The number of aromatic nitrogens is 1. The summed E-state index contributed by atoms with van der Waals surface area (Å²) in [6, 6.07) is 2.00. The van der Waals surface area contributed by atoms with Crippen LogP contribution in [0.25, 0.3) is 0 Å². The Labute approximate surface area is 104 Å². The minimum Gasteiger partial charge on any atom is -0.467 e. The second kappa shape index (κ2) is 7.23. The molecule has 1 heterocycles. The molecule has 0 amide bonds. The van der Waals surface area contributed by atoms with Crippen molar-refractivity contribution >= 4 is 17.4 Å². The molecule has 0 saturated heterocycles. The lowest BCUT2D eigenvalue weighted by atomic mass is 10.2. The van der Waals surface area contributed by atoms with Crippen LogP contribution in [0, 0.1) is 0 Å². The molecule has 7 nitrogen and oxygen atoms in total. The van der Waals surface area contributed by atoms with Gasteiger partial charge in [-0.15, -0.1) is 0 Å². The Morgan fingerprint density at radius 2 is 2.22 bits per heavy atom. The van der Waals surface area contributed by atoms with Crippen LogP contribution in [0.4, 0.5) is 5.69 Å². The van der Waals surface area contributed by atoms with Crippen molar-refractivity contribution in [1.82, 2.24) is 4.98 Å². The fourth-order valence-corrected chi connectivity index (χ4v) is 1.11. The first-order valence-corrected chi connectivity index (χ1v) is 5.09. The van der Waals surface area contributed by atoms with E-state index in [9.17, 15) is 9.59 Å². The molecule has 0 aliphatic rings. The molecule has 7 heteroatoms. The van der Waals surface area contributed by atoms with Crippen molar-refractivity contribution in [3.63, 3.8) is 0 Å². The molecular formula is C11H13N3O4. The van der Waals surface area contributed by atoms with E-state index in [0.717, 1.165) is 0 Å². The van der Waals surface area contributed by atoms with Gasteiger partial charge in [0.15, 0.2) is 5.78 Å². The molecule has 0 radical (unpaired) electrons. The quantitative estimate of drug-likeness (QED) is 0.426. The van der Waals surface area contributed by atoms with Crippen LogP contribution >= 0.6 is 0 Å². The molecule has 0 saturated carbocycles. The number of rotatable bonds is 6. The molecule has 0 aliphatic heterocycles. The van der Waals surface area contributed by atoms with Crippen molar-refractivity contribution in [2.45, 2.75) is 6.04 Å². The van der Waals surface area contributed by atoms with Gasteiger partial charge in [-0.05, 0) is 12.1 Å². The number of pyridine rings is 1. The van der Waals surface area contributed by atoms with E-state index < -0.39 is 17.8 Å². The van der Waals surface area contributed by atoms with Crippen LogP contribution in [0.2, 0.25) is 0 Å². The zero-order valence-corrected chi connectivity index (χ0v) is 10.1. The van der Waals surface area contributed by atoms with Crippen LogP contribution in [0.3, 0.4) is 0 Å².